The number of carbonyl (C=O) groups excluding carboxylic acids is 4. The first kappa shape index (κ1) is 34.5. The van der Waals surface area contributed by atoms with Crippen molar-refractivity contribution in [1.82, 2.24) is 29.6 Å². The SMILES string of the molecule is CCCCc1nc2c(N)nc3ccccc3c2n1Cc1ccc(NC(=O)[C@H](CC(N)=O)NC(CCCCCN2C(=O)C=CC2=O)=[N+]=O)cc1. The molecule has 49 heavy (non-hydrogen) atoms. The number of primary amides is 1. The van der Waals surface area contributed by atoms with E-state index >= 15 is 0 Å². The third kappa shape index (κ3) is 8.35. The van der Waals surface area contributed by atoms with E-state index in [0.29, 0.717) is 42.8 Å². The number of imide groups is 1. The van der Waals surface area contributed by atoms with E-state index in [-0.39, 0.29) is 37.0 Å². The highest BCUT2D eigenvalue weighted by atomic mass is 16.2. The smallest absolute Gasteiger partial charge is 0.382 e. The number of nitroso groups, excluding NO2 is 1. The molecular weight excluding hydrogens is 626 g/mol. The van der Waals surface area contributed by atoms with Gasteiger partial charge in [-0.3, -0.25) is 24.1 Å². The molecule has 14 nitrogen and oxygen atoms in total. The molecule has 4 aromatic rings. The van der Waals surface area contributed by atoms with Crippen molar-refractivity contribution >= 4 is 62.9 Å². The molecule has 0 spiro atoms. The van der Waals surface area contributed by atoms with Crippen LogP contribution in [0.15, 0.2) is 60.7 Å². The number of nitrogen functional groups attached to an aromatic ring is 1. The molecular formula is C35H40N9O5+. The second kappa shape index (κ2) is 15.8. The number of carbonyl (C=O) groups is 4. The minimum atomic E-state index is -1.12. The van der Waals surface area contributed by atoms with Gasteiger partial charge >= 0.3 is 5.84 Å². The molecule has 3 heterocycles. The lowest BCUT2D eigenvalue weighted by molar-refractivity contribution is -0.136. The predicted molar refractivity (Wildman–Crippen MR) is 188 cm³/mol. The molecule has 1 aliphatic heterocycles. The minimum absolute atomic E-state index is 0.00142. The van der Waals surface area contributed by atoms with Crippen LogP contribution >= 0.6 is 0 Å². The summed E-state index contributed by atoms with van der Waals surface area (Å²) < 4.78 is 2.18. The number of aryl methyl sites for hydroxylation is 1. The Bertz CT molecular complexity index is 1940. The van der Waals surface area contributed by atoms with Crippen LogP contribution in [0.4, 0.5) is 11.5 Å². The maximum atomic E-state index is 13.2. The first-order valence-electron chi connectivity index (χ1n) is 16.4. The summed E-state index contributed by atoms with van der Waals surface area (Å²) >= 11 is 0. The fourth-order valence-electron chi connectivity index (χ4n) is 5.85. The van der Waals surface area contributed by atoms with Crippen molar-refractivity contribution in [2.45, 2.75) is 70.9 Å². The molecule has 6 N–H and O–H groups in total. The summed E-state index contributed by atoms with van der Waals surface area (Å²) in [6.07, 6.45) is 6.76. The van der Waals surface area contributed by atoms with E-state index in [4.69, 9.17) is 16.5 Å². The molecule has 0 unspecified atom stereocenters. The molecule has 0 fully saturated rings. The van der Waals surface area contributed by atoms with E-state index in [1.165, 1.54) is 12.2 Å². The molecule has 0 aliphatic carbocycles. The first-order valence-corrected chi connectivity index (χ1v) is 16.4. The van der Waals surface area contributed by atoms with Gasteiger partial charge in [-0.05, 0) is 43.0 Å². The molecule has 254 valence electrons. The number of amidine groups is 1. The van der Waals surface area contributed by atoms with Crippen LogP contribution in [-0.2, 0) is 32.1 Å². The molecule has 0 radical (unpaired) electrons. The quantitative estimate of drug-likeness (QED) is 0.0455. The maximum Gasteiger partial charge on any atom is 0.402 e. The fourth-order valence-corrected chi connectivity index (χ4v) is 5.85. The Labute approximate surface area is 282 Å². The Kier molecular flexibility index (Phi) is 11.1. The molecule has 1 aliphatic rings. The van der Waals surface area contributed by atoms with Crippen molar-refractivity contribution in [3.63, 3.8) is 0 Å². The van der Waals surface area contributed by atoms with E-state index in [9.17, 15) is 24.1 Å². The van der Waals surface area contributed by atoms with Gasteiger partial charge in [-0.1, -0.05) is 50.1 Å². The fraction of sp³-hybridized carbons (Fsp3) is 0.343. The maximum absolute atomic E-state index is 13.2. The summed E-state index contributed by atoms with van der Waals surface area (Å²) in [7, 11) is 0. The van der Waals surface area contributed by atoms with Gasteiger partial charge in [0.15, 0.2) is 11.9 Å². The van der Waals surface area contributed by atoms with Crippen LogP contribution in [0.2, 0.25) is 0 Å². The Morgan fingerprint density at radius 1 is 0.959 bits per heavy atom. The summed E-state index contributed by atoms with van der Waals surface area (Å²) in [4.78, 5) is 73.6. The summed E-state index contributed by atoms with van der Waals surface area (Å²) in [5.41, 5.74) is 15.6. The number of para-hydroxylation sites is 1. The summed E-state index contributed by atoms with van der Waals surface area (Å²) in [5, 5.41) is 6.53. The van der Waals surface area contributed by atoms with Crippen molar-refractivity contribution in [2.24, 2.45) is 5.73 Å². The van der Waals surface area contributed by atoms with Gasteiger partial charge in [0.25, 0.3) is 17.7 Å². The number of pyridine rings is 1. The number of rotatable bonds is 16. The Morgan fingerprint density at radius 3 is 2.39 bits per heavy atom. The number of hydrogen-bond acceptors (Lipinski definition) is 8. The van der Waals surface area contributed by atoms with E-state index in [2.05, 4.69) is 32.0 Å². The number of unbranched alkanes of at least 4 members (excludes halogenated alkanes) is 3. The minimum Gasteiger partial charge on any atom is -0.382 e. The highest BCUT2D eigenvalue weighted by Gasteiger charge is 2.29. The lowest BCUT2D eigenvalue weighted by atomic mass is 10.1. The Hall–Kier alpha value is -5.88. The molecule has 1 atom stereocenters. The van der Waals surface area contributed by atoms with Crippen LogP contribution in [0.25, 0.3) is 21.9 Å². The second-order valence-corrected chi connectivity index (χ2v) is 12.0. The Balaban J connectivity index is 1.23. The number of hydrogen-bond donors (Lipinski definition) is 4. The third-order valence-corrected chi connectivity index (χ3v) is 8.37. The zero-order valence-corrected chi connectivity index (χ0v) is 27.4. The number of amides is 4. The van der Waals surface area contributed by atoms with Crippen LogP contribution in [0.3, 0.4) is 0 Å². The summed E-state index contributed by atoms with van der Waals surface area (Å²) in [6.45, 7) is 2.93. The standard InChI is InChI=1S/C35H39N9O5/c1-2-3-12-29-41-32-33(24-9-6-7-10-25(24)40-34(32)37)44(29)21-22-13-15-23(16-14-22)38-35(48)26(20-27(36)45)39-28(42-49)11-5-4-8-19-43-30(46)17-18-31(43)47/h6-7,9-10,13-18,26H,2-5,8,11-12,19-21H2,1H3,(H5,36,37,38,40,45,48)/p+1/t26-/m0/s1. The number of nitrogens with one attached hydrogen (secondary N) is 2. The zero-order valence-electron chi connectivity index (χ0n) is 27.4. The molecule has 4 amide bonds. The van der Waals surface area contributed by atoms with E-state index in [1.54, 1.807) is 12.1 Å². The first-order chi connectivity index (χ1) is 23.7. The molecule has 14 heteroatoms. The van der Waals surface area contributed by atoms with Crippen LogP contribution in [-0.4, -0.2) is 61.5 Å². The monoisotopic (exact) mass is 666 g/mol. The van der Waals surface area contributed by atoms with Gasteiger partial charge in [0, 0.05) is 47.6 Å². The highest BCUT2D eigenvalue weighted by molar-refractivity contribution is 6.12. The number of imidazole rings is 1. The van der Waals surface area contributed by atoms with Gasteiger partial charge in [0.1, 0.15) is 11.3 Å². The topological polar surface area (TPSA) is 209 Å². The van der Waals surface area contributed by atoms with Gasteiger partial charge in [-0.25, -0.2) is 15.3 Å². The second-order valence-electron chi connectivity index (χ2n) is 12.0. The number of fused-ring (bicyclic) bond motifs is 3. The lowest BCUT2D eigenvalue weighted by Gasteiger charge is -2.14. The van der Waals surface area contributed by atoms with Gasteiger partial charge in [-0.15, -0.1) is 0 Å². The van der Waals surface area contributed by atoms with Crippen LogP contribution in [0, 0.1) is 4.91 Å². The van der Waals surface area contributed by atoms with Crippen LogP contribution in [0.5, 0.6) is 0 Å². The number of aromatic nitrogens is 3. The lowest BCUT2D eigenvalue weighted by Crippen LogP contribution is -2.46. The predicted octanol–water partition coefficient (Wildman–Crippen LogP) is 3.05. The van der Waals surface area contributed by atoms with Crippen molar-refractivity contribution in [3.05, 3.63) is 77.0 Å². The summed E-state index contributed by atoms with van der Waals surface area (Å²) in [5.74, 6) is -0.656. The van der Waals surface area contributed by atoms with E-state index < -0.39 is 17.9 Å². The molecule has 2 aromatic heterocycles. The van der Waals surface area contributed by atoms with E-state index in [1.807, 2.05) is 36.4 Å². The van der Waals surface area contributed by atoms with Gasteiger partial charge in [0.2, 0.25) is 5.91 Å². The molecule has 0 saturated carbocycles. The highest BCUT2D eigenvalue weighted by Crippen LogP contribution is 2.30. The van der Waals surface area contributed by atoms with Crippen LogP contribution in [0.1, 0.15) is 63.3 Å². The number of nitrogens with zero attached hydrogens (tertiary/aromatic N) is 5. The number of anilines is 2. The van der Waals surface area contributed by atoms with Crippen molar-refractivity contribution in [3.8, 4) is 0 Å². The van der Waals surface area contributed by atoms with Gasteiger partial charge in [0.05, 0.1) is 28.7 Å². The van der Waals surface area contributed by atoms with Crippen molar-refractivity contribution < 1.29 is 19.2 Å². The third-order valence-electron chi connectivity index (χ3n) is 8.37. The average molecular weight is 667 g/mol. The number of nitrogens with two attached hydrogens (primary N) is 2. The van der Waals surface area contributed by atoms with E-state index in [0.717, 1.165) is 52.0 Å². The molecule has 5 rings (SSSR count). The van der Waals surface area contributed by atoms with Crippen LogP contribution < -0.4 is 27.0 Å². The number of benzene rings is 2. The molecule has 0 bridgehead atoms. The molecule has 2 aromatic carbocycles. The zero-order chi connectivity index (χ0) is 34.9. The summed E-state index contributed by atoms with van der Waals surface area (Å²) in [6, 6.07) is 14.1. The molecule has 0 saturated heterocycles. The largest absolute Gasteiger partial charge is 0.402 e. The van der Waals surface area contributed by atoms with Gasteiger partial charge < -0.3 is 21.4 Å². The van der Waals surface area contributed by atoms with Crippen molar-refractivity contribution in [1.29, 1.82) is 0 Å². The van der Waals surface area contributed by atoms with Crippen molar-refractivity contribution in [2.75, 3.05) is 17.6 Å². The van der Waals surface area contributed by atoms with Gasteiger partial charge in [-0.2, -0.15) is 0 Å². The normalized spacial score (nSPS) is 13.2. The average Bonchev–Trinajstić information content (AvgIpc) is 3.61. The Morgan fingerprint density at radius 2 is 1.69 bits per heavy atom.